The normalized spacial score (nSPS) is 27.1. The SMILES string of the molecule is Cc1ccc(O)c(C(C)N2CC(C)NCC2C)c1. The van der Waals surface area contributed by atoms with Crippen molar-refractivity contribution in [2.45, 2.75) is 45.8 Å². The fraction of sp³-hybridized carbons (Fsp3) is 0.600. The van der Waals surface area contributed by atoms with Crippen molar-refractivity contribution in [3.63, 3.8) is 0 Å². The van der Waals surface area contributed by atoms with Gasteiger partial charge in [0.15, 0.2) is 0 Å². The Bertz CT molecular complexity index is 419. The maximum Gasteiger partial charge on any atom is 0.120 e. The molecule has 1 aromatic carbocycles. The predicted molar refractivity (Wildman–Crippen MR) is 74.9 cm³/mol. The number of phenols is 1. The molecule has 3 nitrogen and oxygen atoms in total. The lowest BCUT2D eigenvalue weighted by molar-refractivity contribution is 0.102. The van der Waals surface area contributed by atoms with Crippen LogP contribution in [0, 0.1) is 6.92 Å². The first-order valence-electron chi connectivity index (χ1n) is 6.77. The molecule has 3 atom stereocenters. The Morgan fingerprint density at radius 1 is 1.39 bits per heavy atom. The number of nitrogens with one attached hydrogen (secondary N) is 1. The molecule has 1 heterocycles. The molecule has 0 radical (unpaired) electrons. The van der Waals surface area contributed by atoms with Crippen LogP contribution in [-0.2, 0) is 0 Å². The van der Waals surface area contributed by atoms with E-state index in [2.05, 4.69) is 44.0 Å². The Morgan fingerprint density at radius 3 is 2.83 bits per heavy atom. The van der Waals surface area contributed by atoms with E-state index in [0.717, 1.165) is 18.7 Å². The summed E-state index contributed by atoms with van der Waals surface area (Å²) in [6.07, 6.45) is 0. The summed E-state index contributed by atoms with van der Waals surface area (Å²) in [5.74, 6) is 0.409. The Labute approximate surface area is 110 Å². The summed E-state index contributed by atoms with van der Waals surface area (Å²) >= 11 is 0. The predicted octanol–water partition coefficient (Wildman–Crippen LogP) is 2.44. The minimum Gasteiger partial charge on any atom is -0.508 e. The second-order valence-electron chi connectivity index (χ2n) is 5.59. The smallest absolute Gasteiger partial charge is 0.120 e. The van der Waals surface area contributed by atoms with Crippen molar-refractivity contribution in [1.29, 1.82) is 0 Å². The van der Waals surface area contributed by atoms with Gasteiger partial charge in [-0.3, -0.25) is 4.90 Å². The van der Waals surface area contributed by atoms with Crippen LogP contribution >= 0.6 is 0 Å². The molecule has 1 aromatic rings. The molecule has 0 saturated carbocycles. The van der Waals surface area contributed by atoms with Gasteiger partial charge >= 0.3 is 0 Å². The fourth-order valence-electron chi connectivity index (χ4n) is 2.78. The summed E-state index contributed by atoms with van der Waals surface area (Å²) < 4.78 is 0. The number of piperazine rings is 1. The van der Waals surface area contributed by atoms with Crippen LogP contribution in [0.2, 0.25) is 0 Å². The number of aromatic hydroxyl groups is 1. The van der Waals surface area contributed by atoms with Crippen molar-refractivity contribution in [2.75, 3.05) is 13.1 Å². The van der Waals surface area contributed by atoms with Gasteiger partial charge in [0.25, 0.3) is 0 Å². The molecule has 100 valence electrons. The van der Waals surface area contributed by atoms with Crippen molar-refractivity contribution < 1.29 is 5.11 Å². The molecular weight excluding hydrogens is 224 g/mol. The van der Waals surface area contributed by atoms with Crippen LogP contribution in [0.3, 0.4) is 0 Å². The average Bonchev–Trinajstić information content (AvgIpc) is 2.34. The third kappa shape index (κ3) is 2.68. The topological polar surface area (TPSA) is 35.5 Å². The van der Waals surface area contributed by atoms with Crippen molar-refractivity contribution in [1.82, 2.24) is 10.2 Å². The Hall–Kier alpha value is -1.06. The van der Waals surface area contributed by atoms with E-state index >= 15 is 0 Å². The van der Waals surface area contributed by atoms with E-state index in [0.29, 0.717) is 17.8 Å². The van der Waals surface area contributed by atoms with Gasteiger partial charge in [0, 0.05) is 36.8 Å². The monoisotopic (exact) mass is 248 g/mol. The maximum atomic E-state index is 10.0. The number of hydrogen-bond donors (Lipinski definition) is 2. The molecule has 0 amide bonds. The molecule has 0 aliphatic carbocycles. The third-order valence-corrected chi connectivity index (χ3v) is 3.94. The Morgan fingerprint density at radius 2 is 2.11 bits per heavy atom. The van der Waals surface area contributed by atoms with Crippen LogP contribution < -0.4 is 5.32 Å². The maximum absolute atomic E-state index is 10.0. The molecule has 2 N–H and O–H groups in total. The zero-order valence-electron chi connectivity index (χ0n) is 11.8. The molecular formula is C15H24N2O. The number of nitrogens with zero attached hydrogens (tertiary/aromatic N) is 1. The van der Waals surface area contributed by atoms with Crippen molar-refractivity contribution in [3.8, 4) is 5.75 Å². The van der Waals surface area contributed by atoms with Crippen LogP contribution in [0.25, 0.3) is 0 Å². The summed E-state index contributed by atoms with van der Waals surface area (Å²) in [4.78, 5) is 2.47. The number of benzene rings is 1. The Kier molecular flexibility index (Phi) is 3.93. The number of rotatable bonds is 2. The van der Waals surface area contributed by atoms with Gasteiger partial charge in [0.1, 0.15) is 5.75 Å². The van der Waals surface area contributed by atoms with E-state index < -0.39 is 0 Å². The first-order chi connectivity index (χ1) is 8.49. The molecule has 1 aliphatic heterocycles. The minimum atomic E-state index is 0.254. The summed E-state index contributed by atoms with van der Waals surface area (Å²) in [6.45, 7) is 10.7. The molecule has 0 aromatic heterocycles. The summed E-state index contributed by atoms with van der Waals surface area (Å²) in [5.41, 5.74) is 2.24. The highest BCUT2D eigenvalue weighted by Crippen LogP contribution is 2.31. The lowest BCUT2D eigenvalue weighted by Gasteiger charge is -2.41. The molecule has 3 heteroatoms. The van der Waals surface area contributed by atoms with Crippen molar-refractivity contribution in [3.05, 3.63) is 29.3 Å². The lowest BCUT2D eigenvalue weighted by atomic mass is 9.99. The van der Waals surface area contributed by atoms with Gasteiger partial charge in [-0.2, -0.15) is 0 Å². The second kappa shape index (κ2) is 5.29. The zero-order chi connectivity index (χ0) is 13.3. The van der Waals surface area contributed by atoms with E-state index in [1.54, 1.807) is 6.07 Å². The molecule has 0 spiro atoms. The molecule has 1 saturated heterocycles. The highest BCUT2D eigenvalue weighted by molar-refractivity contribution is 5.37. The van der Waals surface area contributed by atoms with Gasteiger partial charge in [-0.1, -0.05) is 17.7 Å². The first-order valence-corrected chi connectivity index (χ1v) is 6.77. The summed E-state index contributed by atoms with van der Waals surface area (Å²) in [5, 5.41) is 13.5. The van der Waals surface area contributed by atoms with Gasteiger partial charge < -0.3 is 10.4 Å². The van der Waals surface area contributed by atoms with Gasteiger partial charge in [-0.05, 0) is 33.8 Å². The molecule has 0 bridgehead atoms. The quantitative estimate of drug-likeness (QED) is 0.844. The van der Waals surface area contributed by atoms with E-state index in [1.165, 1.54) is 5.56 Å². The van der Waals surface area contributed by atoms with Crippen molar-refractivity contribution in [2.24, 2.45) is 0 Å². The van der Waals surface area contributed by atoms with Crippen LogP contribution in [0.1, 0.15) is 37.9 Å². The summed E-state index contributed by atoms with van der Waals surface area (Å²) in [7, 11) is 0. The van der Waals surface area contributed by atoms with Gasteiger partial charge in [0.05, 0.1) is 0 Å². The first kappa shape index (κ1) is 13.4. The average molecular weight is 248 g/mol. The van der Waals surface area contributed by atoms with E-state index in [9.17, 15) is 5.11 Å². The van der Waals surface area contributed by atoms with Crippen LogP contribution in [0.5, 0.6) is 5.75 Å². The van der Waals surface area contributed by atoms with Crippen LogP contribution in [-0.4, -0.2) is 35.2 Å². The molecule has 3 unspecified atom stereocenters. The van der Waals surface area contributed by atoms with Gasteiger partial charge in [-0.15, -0.1) is 0 Å². The number of hydrogen-bond acceptors (Lipinski definition) is 3. The fourth-order valence-corrected chi connectivity index (χ4v) is 2.78. The molecule has 1 aliphatic rings. The number of phenolic OH excluding ortho intramolecular Hbond substituents is 1. The zero-order valence-corrected chi connectivity index (χ0v) is 11.8. The highest BCUT2D eigenvalue weighted by Gasteiger charge is 2.28. The highest BCUT2D eigenvalue weighted by atomic mass is 16.3. The van der Waals surface area contributed by atoms with Gasteiger partial charge in [-0.25, -0.2) is 0 Å². The Balaban J connectivity index is 2.23. The standard InChI is InChI=1S/C15H24N2O/c1-10-5-6-15(18)14(7-10)13(4)17-9-11(2)16-8-12(17)3/h5-7,11-13,16,18H,8-9H2,1-4H3. The molecule has 2 rings (SSSR count). The van der Waals surface area contributed by atoms with Crippen LogP contribution in [0.4, 0.5) is 0 Å². The summed E-state index contributed by atoms with van der Waals surface area (Å²) in [6, 6.07) is 7.11. The van der Waals surface area contributed by atoms with Gasteiger partial charge in [0.2, 0.25) is 0 Å². The van der Waals surface area contributed by atoms with Crippen LogP contribution in [0.15, 0.2) is 18.2 Å². The van der Waals surface area contributed by atoms with E-state index in [-0.39, 0.29) is 6.04 Å². The third-order valence-electron chi connectivity index (χ3n) is 3.94. The number of aryl methyl sites for hydroxylation is 1. The molecule has 1 fully saturated rings. The second-order valence-corrected chi connectivity index (χ2v) is 5.59. The van der Waals surface area contributed by atoms with E-state index in [4.69, 9.17) is 0 Å². The van der Waals surface area contributed by atoms with Crippen molar-refractivity contribution >= 4 is 0 Å². The lowest BCUT2D eigenvalue weighted by Crippen LogP contribution is -2.54. The minimum absolute atomic E-state index is 0.254. The van der Waals surface area contributed by atoms with E-state index in [1.807, 2.05) is 6.07 Å². The molecule has 18 heavy (non-hydrogen) atoms. The largest absolute Gasteiger partial charge is 0.508 e.